The smallest absolute Gasteiger partial charge is 0.337 e. The van der Waals surface area contributed by atoms with Crippen molar-refractivity contribution >= 4 is 24.3 Å². The van der Waals surface area contributed by atoms with Gasteiger partial charge in [-0.05, 0) is 48.1 Å². The summed E-state index contributed by atoms with van der Waals surface area (Å²) in [4.78, 5) is 24.1. The first-order chi connectivity index (χ1) is 13.0. The molecule has 0 radical (unpaired) electrons. The van der Waals surface area contributed by atoms with Gasteiger partial charge in [0.05, 0.1) is 0 Å². The fraction of sp³-hybridized carbons (Fsp3) is 0.333. The molecule has 0 saturated heterocycles. The largest absolute Gasteiger partial charge is 0.479 e. The molecule has 0 heterocycles. The second kappa shape index (κ2) is 9.19. The van der Waals surface area contributed by atoms with Crippen LogP contribution in [0.5, 0.6) is 0 Å². The van der Waals surface area contributed by atoms with E-state index in [1.54, 1.807) is 0 Å². The zero-order chi connectivity index (χ0) is 19.4. The fourth-order valence-electron chi connectivity index (χ4n) is 3.57. The lowest BCUT2D eigenvalue weighted by Crippen LogP contribution is -2.56. The maximum Gasteiger partial charge on any atom is 0.337 e. The van der Waals surface area contributed by atoms with Crippen LogP contribution in [-0.4, -0.2) is 35.7 Å². The Morgan fingerprint density at radius 1 is 1.00 bits per heavy atom. The minimum Gasteiger partial charge on any atom is -0.479 e. The van der Waals surface area contributed by atoms with E-state index in [9.17, 15) is 14.7 Å². The lowest BCUT2D eigenvalue weighted by molar-refractivity contribution is -0.161. The Balaban J connectivity index is 0.00000280. The van der Waals surface area contributed by atoms with Crippen LogP contribution in [-0.2, 0) is 14.3 Å². The molecule has 7 heteroatoms. The number of carboxylic acid groups (broad SMARTS) is 1. The van der Waals surface area contributed by atoms with Crippen LogP contribution in [0.15, 0.2) is 48.5 Å². The van der Waals surface area contributed by atoms with E-state index in [1.807, 2.05) is 48.5 Å². The number of carbonyl (C=O) groups excluding carboxylic acids is 1. The number of hydrogen-bond acceptors (Lipinski definition) is 5. The molecule has 2 aromatic rings. The summed E-state index contributed by atoms with van der Waals surface area (Å²) in [5, 5.41) is 9.45. The first-order valence-corrected chi connectivity index (χ1v) is 9.07. The van der Waals surface area contributed by atoms with Gasteiger partial charge in [-0.3, -0.25) is 0 Å². The second-order valence-corrected chi connectivity index (χ2v) is 6.85. The highest BCUT2D eigenvalue weighted by Crippen LogP contribution is 2.44. The number of benzene rings is 2. The third kappa shape index (κ3) is 4.04. The van der Waals surface area contributed by atoms with E-state index < -0.39 is 17.5 Å². The molecule has 28 heavy (non-hydrogen) atoms. The van der Waals surface area contributed by atoms with Crippen molar-refractivity contribution in [1.82, 2.24) is 0 Å². The van der Waals surface area contributed by atoms with E-state index >= 15 is 0 Å². The number of halogens is 1. The molecule has 0 amide bonds. The topological polar surface area (TPSA) is 116 Å². The molecule has 2 aromatic carbocycles. The van der Waals surface area contributed by atoms with Crippen molar-refractivity contribution in [2.24, 2.45) is 11.5 Å². The van der Waals surface area contributed by atoms with E-state index in [0.29, 0.717) is 19.4 Å². The molecule has 1 atom stereocenters. The quantitative estimate of drug-likeness (QED) is 0.354. The summed E-state index contributed by atoms with van der Waals surface area (Å²) < 4.78 is 5.42. The lowest BCUT2D eigenvalue weighted by atomic mass is 9.93. The number of rotatable bonds is 8. The minimum absolute atomic E-state index is 0. The highest BCUT2D eigenvalue weighted by molar-refractivity contribution is 6.03. The predicted octanol–water partition coefficient (Wildman–Crippen LogP) is 2.68. The van der Waals surface area contributed by atoms with Crippen molar-refractivity contribution in [3.63, 3.8) is 0 Å². The highest BCUT2D eigenvalue weighted by atomic mass is 35.5. The van der Waals surface area contributed by atoms with E-state index in [1.165, 1.54) is 0 Å². The summed E-state index contributed by atoms with van der Waals surface area (Å²) in [6.07, 6.45) is 1.04. The molecule has 0 saturated carbocycles. The van der Waals surface area contributed by atoms with Crippen molar-refractivity contribution < 1.29 is 19.4 Å². The zero-order valence-corrected chi connectivity index (χ0v) is 16.3. The molecule has 0 spiro atoms. The number of ether oxygens (including phenoxy) is 1. The highest BCUT2D eigenvalue weighted by Gasteiger charge is 2.44. The van der Waals surface area contributed by atoms with Gasteiger partial charge in [0.2, 0.25) is 5.54 Å². The fourth-order valence-corrected chi connectivity index (χ4v) is 3.57. The Morgan fingerprint density at radius 2 is 1.54 bits per heavy atom. The van der Waals surface area contributed by atoms with Crippen molar-refractivity contribution in [1.29, 1.82) is 0 Å². The van der Waals surface area contributed by atoms with Gasteiger partial charge in [-0.15, -0.1) is 12.4 Å². The predicted molar refractivity (Wildman–Crippen MR) is 109 cm³/mol. The van der Waals surface area contributed by atoms with Gasteiger partial charge in [-0.2, -0.15) is 0 Å². The Kier molecular flexibility index (Phi) is 7.18. The van der Waals surface area contributed by atoms with Gasteiger partial charge >= 0.3 is 11.9 Å². The SMILES string of the molecule is Cl.NCCCC[C@@](N)(C(=O)O)C(=O)OCC1c2ccccc2-c2ccccc21. The van der Waals surface area contributed by atoms with Crippen LogP contribution in [0.1, 0.15) is 36.3 Å². The molecule has 0 bridgehead atoms. The first kappa shape index (κ1) is 21.9. The Bertz CT molecular complexity index is 812. The molecule has 1 aliphatic rings. The Labute approximate surface area is 170 Å². The van der Waals surface area contributed by atoms with Crippen molar-refractivity contribution in [2.45, 2.75) is 30.7 Å². The van der Waals surface area contributed by atoms with Crippen LogP contribution in [0.2, 0.25) is 0 Å². The standard InChI is InChI=1S/C21H24N2O4.ClH/c22-12-6-5-11-21(23,19(24)25)20(26)27-13-18-16-9-3-1-7-14(16)15-8-2-4-10-17(15)18;/h1-4,7-10,18H,5-6,11-13,22-23H2,(H,24,25);1H/t21-;/m1./s1. The molecule has 0 aliphatic heterocycles. The summed E-state index contributed by atoms with van der Waals surface area (Å²) in [5.41, 5.74) is 13.6. The average Bonchev–Trinajstić information content (AvgIpc) is 3.00. The number of hydrogen-bond donors (Lipinski definition) is 3. The van der Waals surface area contributed by atoms with Crippen LogP contribution >= 0.6 is 12.4 Å². The van der Waals surface area contributed by atoms with Gasteiger partial charge in [-0.25, -0.2) is 9.59 Å². The number of nitrogens with two attached hydrogens (primary N) is 2. The average molecular weight is 405 g/mol. The third-order valence-corrected chi connectivity index (χ3v) is 5.11. The molecule has 5 N–H and O–H groups in total. The normalized spacial score (nSPS) is 14.4. The first-order valence-electron chi connectivity index (χ1n) is 9.07. The van der Waals surface area contributed by atoms with Crippen molar-refractivity contribution in [3.8, 4) is 11.1 Å². The summed E-state index contributed by atoms with van der Waals surface area (Å²) in [6.45, 7) is 0.469. The molecule has 0 unspecified atom stereocenters. The van der Waals surface area contributed by atoms with E-state index in [4.69, 9.17) is 16.2 Å². The molecule has 1 aliphatic carbocycles. The number of fused-ring (bicyclic) bond motifs is 3. The monoisotopic (exact) mass is 404 g/mol. The van der Waals surface area contributed by atoms with E-state index in [0.717, 1.165) is 22.3 Å². The van der Waals surface area contributed by atoms with Crippen LogP contribution < -0.4 is 11.5 Å². The van der Waals surface area contributed by atoms with Gasteiger partial charge in [0.15, 0.2) is 0 Å². The van der Waals surface area contributed by atoms with Crippen LogP contribution in [0.3, 0.4) is 0 Å². The van der Waals surface area contributed by atoms with Gasteiger partial charge in [0.25, 0.3) is 0 Å². The molecule has 3 rings (SSSR count). The van der Waals surface area contributed by atoms with Gasteiger partial charge in [0.1, 0.15) is 6.61 Å². The number of unbranched alkanes of at least 4 members (excludes halogenated alkanes) is 1. The second-order valence-electron chi connectivity index (χ2n) is 6.85. The summed E-state index contributed by atoms with van der Waals surface area (Å²) in [6, 6.07) is 15.9. The van der Waals surface area contributed by atoms with Crippen molar-refractivity contribution in [3.05, 3.63) is 59.7 Å². The summed E-state index contributed by atoms with van der Waals surface area (Å²) in [5.74, 6) is -2.42. The lowest BCUT2D eigenvalue weighted by Gasteiger charge is -2.24. The molecule has 150 valence electrons. The van der Waals surface area contributed by atoms with E-state index in [-0.39, 0.29) is 31.4 Å². The number of esters is 1. The van der Waals surface area contributed by atoms with Crippen LogP contribution in [0, 0.1) is 0 Å². The van der Waals surface area contributed by atoms with E-state index in [2.05, 4.69) is 0 Å². The number of carbonyl (C=O) groups is 2. The van der Waals surface area contributed by atoms with Crippen molar-refractivity contribution in [2.75, 3.05) is 13.2 Å². The molecule has 0 aromatic heterocycles. The number of aliphatic carboxylic acids is 1. The Hall–Kier alpha value is -2.41. The van der Waals surface area contributed by atoms with Gasteiger partial charge in [-0.1, -0.05) is 48.5 Å². The minimum atomic E-state index is -2.05. The van der Waals surface area contributed by atoms with Crippen LogP contribution in [0.25, 0.3) is 11.1 Å². The molecular weight excluding hydrogens is 380 g/mol. The maximum atomic E-state index is 12.5. The maximum absolute atomic E-state index is 12.5. The molecule has 6 nitrogen and oxygen atoms in total. The van der Waals surface area contributed by atoms with Gasteiger partial charge in [0, 0.05) is 5.92 Å². The molecular formula is C21H25ClN2O4. The Morgan fingerprint density at radius 3 is 2.04 bits per heavy atom. The number of carboxylic acids is 1. The van der Waals surface area contributed by atoms with Gasteiger partial charge < -0.3 is 21.3 Å². The summed E-state index contributed by atoms with van der Waals surface area (Å²) >= 11 is 0. The summed E-state index contributed by atoms with van der Waals surface area (Å²) in [7, 11) is 0. The van der Waals surface area contributed by atoms with Crippen LogP contribution in [0.4, 0.5) is 0 Å². The third-order valence-electron chi connectivity index (χ3n) is 5.11. The molecule has 0 fully saturated rings. The zero-order valence-electron chi connectivity index (χ0n) is 15.5.